The molecule has 0 aliphatic heterocycles. The highest BCUT2D eigenvalue weighted by Crippen LogP contribution is 2.15. The molecule has 0 bridgehead atoms. The van der Waals surface area contributed by atoms with E-state index >= 15 is 0 Å². The molecule has 0 aliphatic rings. The van der Waals surface area contributed by atoms with Crippen molar-refractivity contribution in [2.75, 3.05) is 39.8 Å². The fraction of sp³-hybridized carbons (Fsp3) is 0.933. The molecule has 0 saturated carbocycles. The molecule has 0 aromatic rings. The number of quaternary nitrogens is 1. The number of amides is 2. The molecule has 7 heteroatoms. The molecule has 0 heterocycles. The molecule has 0 atom stereocenters. The van der Waals surface area contributed by atoms with E-state index in [-0.39, 0.29) is 18.4 Å². The monoisotopic (exact) mass is 736 g/mol. The number of nitrogens with zero attached hydrogens (tertiary/aromatic N) is 1. The average molecular weight is 736 g/mol. The van der Waals surface area contributed by atoms with Gasteiger partial charge in [0.25, 0.3) is 0 Å². The summed E-state index contributed by atoms with van der Waals surface area (Å²) in [6.07, 6.45) is 42.0. The maximum atomic E-state index is 12.3. The Kier molecular flexibility index (Phi) is 37.8. The number of carbonyl (C=O) groups excluding carboxylic acids is 3. The van der Waals surface area contributed by atoms with Gasteiger partial charge in [-0.3, -0.25) is 9.59 Å². The van der Waals surface area contributed by atoms with Crippen molar-refractivity contribution in [1.82, 2.24) is 10.6 Å². The molecule has 0 aromatic carbocycles. The molecule has 2 N–H and O–H groups in total. The van der Waals surface area contributed by atoms with Crippen molar-refractivity contribution in [2.24, 2.45) is 0 Å². The van der Waals surface area contributed by atoms with Gasteiger partial charge in [0.2, 0.25) is 11.8 Å². The van der Waals surface area contributed by atoms with Crippen LogP contribution < -0.4 is 15.7 Å². The van der Waals surface area contributed by atoms with E-state index in [1.54, 1.807) is 0 Å². The van der Waals surface area contributed by atoms with Gasteiger partial charge in [0.05, 0.1) is 26.1 Å². The lowest BCUT2D eigenvalue weighted by molar-refractivity contribution is -0.904. The fourth-order valence-electron chi connectivity index (χ4n) is 7.45. The van der Waals surface area contributed by atoms with Crippen molar-refractivity contribution in [3.8, 4) is 0 Å². The van der Waals surface area contributed by atoms with Gasteiger partial charge in [-0.1, -0.05) is 194 Å². The Morgan fingerprint density at radius 1 is 0.404 bits per heavy atom. The lowest BCUT2D eigenvalue weighted by Gasteiger charge is -2.35. The molecule has 0 spiro atoms. The van der Waals surface area contributed by atoms with Crippen LogP contribution in [0.15, 0.2) is 0 Å². The summed E-state index contributed by atoms with van der Waals surface area (Å²) in [4.78, 5) is 36.1. The highest BCUT2D eigenvalue weighted by atomic mass is 16.4. The smallest absolute Gasteiger partial charge is 0.219 e. The molecule has 0 radical (unpaired) electrons. The Balaban J connectivity index is 3.75. The number of likely N-dealkylation sites (N-methyl/N-ethyl adjacent to an activating group) is 1. The normalized spacial score (nSPS) is 11.6. The number of rotatable bonds is 42. The Labute approximate surface area is 323 Å². The number of carboxylic acids is 1. The molecule has 0 saturated heterocycles. The summed E-state index contributed by atoms with van der Waals surface area (Å²) in [5.41, 5.74) is 0. The van der Waals surface area contributed by atoms with Crippen LogP contribution in [0.4, 0.5) is 0 Å². The number of carboxylic acid groups (broad SMARTS) is 1. The van der Waals surface area contributed by atoms with Crippen LogP contribution in [0.3, 0.4) is 0 Å². The van der Waals surface area contributed by atoms with E-state index in [9.17, 15) is 19.5 Å². The van der Waals surface area contributed by atoms with Crippen LogP contribution in [0, 0.1) is 0 Å². The van der Waals surface area contributed by atoms with Gasteiger partial charge in [-0.15, -0.1) is 0 Å². The van der Waals surface area contributed by atoms with E-state index in [0.29, 0.717) is 43.5 Å². The number of nitrogens with one attached hydrogen (secondary N) is 2. The van der Waals surface area contributed by atoms with Gasteiger partial charge in [0, 0.05) is 38.8 Å². The Morgan fingerprint density at radius 2 is 0.654 bits per heavy atom. The Morgan fingerprint density at radius 3 is 0.904 bits per heavy atom. The molecule has 0 aliphatic carbocycles. The van der Waals surface area contributed by atoms with E-state index in [1.807, 2.05) is 7.05 Å². The summed E-state index contributed by atoms with van der Waals surface area (Å²) >= 11 is 0. The Bertz CT molecular complexity index is 751. The zero-order valence-electron chi connectivity index (χ0n) is 35.2. The molecule has 308 valence electrons. The van der Waals surface area contributed by atoms with Gasteiger partial charge in [-0.25, -0.2) is 0 Å². The third-order valence-corrected chi connectivity index (χ3v) is 10.9. The third kappa shape index (κ3) is 38.1. The number of carbonyl (C=O) groups is 3. The first kappa shape index (κ1) is 50.4. The van der Waals surface area contributed by atoms with Crippen molar-refractivity contribution in [2.45, 2.75) is 232 Å². The third-order valence-electron chi connectivity index (χ3n) is 10.9. The van der Waals surface area contributed by atoms with Gasteiger partial charge < -0.3 is 25.0 Å². The van der Waals surface area contributed by atoms with E-state index < -0.39 is 5.97 Å². The second kappa shape index (κ2) is 39.1. The number of hydrogen-bond acceptors (Lipinski definition) is 4. The summed E-state index contributed by atoms with van der Waals surface area (Å²) in [6.45, 7) is 6.92. The largest absolute Gasteiger partial charge is 0.544 e. The molecule has 0 unspecified atom stereocenters. The van der Waals surface area contributed by atoms with E-state index in [1.165, 1.54) is 167 Å². The highest BCUT2D eigenvalue weighted by Gasteiger charge is 2.21. The Hall–Kier alpha value is -1.63. The zero-order chi connectivity index (χ0) is 38.2. The van der Waals surface area contributed by atoms with Gasteiger partial charge >= 0.3 is 0 Å². The number of hydrogen-bond donors (Lipinski definition) is 2. The average Bonchev–Trinajstić information content (AvgIpc) is 3.11. The van der Waals surface area contributed by atoms with Crippen molar-refractivity contribution in [3.63, 3.8) is 0 Å². The predicted molar refractivity (Wildman–Crippen MR) is 220 cm³/mol. The van der Waals surface area contributed by atoms with E-state index in [2.05, 4.69) is 24.5 Å². The van der Waals surface area contributed by atoms with Gasteiger partial charge in [0.1, 0.15) is 6.54 Å². The first-order chi connectivity index (χ1) is 25.3. The highest BCUT2D eigenvalue weighted by molar-refractivity contribution is 5.76. The number of aliphatic carboxylic acids is 1. The quantitative estimate of drug-likeness (QED) is 0.0482. The zero-order valence-corrected chi connectivity index (χ0v) is 35.2. The van der Waals surface area contributed by atoms with Crippen LogP contribution in [0.5, 0.6) is 0 Å². The molecule has 0 fully saturated rings. The molecule has 52 heavy (non-hydrogen) atoms. The van der Waals surface area contributed by atoms with Crippen molar-refractivity contribution >= 4 is 17.8 Å². The van der Waals surface area contributed by atoms with Crippen molar-refractivity contribution in [3.05, 3.63) is 0 Å². The summed E-state index contributed by atoms with van der Waals surface area (Å²) in [5.74, 6) is -0.863. The summed E-state index contributed by atoms with van der Waals surface area (Å²) in [5, 5.41) is 17.5. The predicted octanol–water partition coefficient (Wildman–Crippen LogP) is 10.7. The lowest BCUT2D eigenvalue weighted by Crippen LogP contribution is -2.53. The molecule has 0 aromatic heterocycles. The van der Waals surface area contributed by atoms with Crippen LogP contribution >= 0.6 is 0 Å². The minimum atomic E-state index is -1.06. The first-order valence-corrected chi connectivity index (χ1v) is 22.9. The second-order valence-electron chi connectivity index (χ2n) is 16.4. The van der Waals surface area contributed by atoms with Crippen LogP contribution in [-0.4, -0.2) is 62.0 Å². The van der Waals surface area contributed by atoms with Crippen LogP contribution in [-0.2, 0) is 14.4 Å². The van der Waals surface area contributed by atoms with Gasteiger partial charge in [0.15, 0.2) is 0 Å². The fourth-order valence-corrected chi connectivity index (χ4v) is 7.45. The van der Waals surface area contributed by atoms with Gasteiger partial charge in [-0.2, -0.15) is 0 Å². The van der Waals surface area contributed by atoms with Crippen molar-refractivity contribution < 1.29 is 24.0 Å². The minimum Gasteiger partial charge on any atom is -0.544 e. The maximum Gasteiger partial charge on any atom is 0.219 e. The lowest BCUT2D eigenvalue weighted by atomic mass is 10.0. The molecular weight excluding hydrogens is 647 g/mol. The van der Waals surface area contributed by atoms with E-state index in [0.717, 1.165) is 38.5 Å². The topological polar surface area (TPSA) is 98.3 Å². The van der Waals surface area contributed by atoms with E-state index in [4.69, 9.17) is 0 Å². The summed E-state index contributed by atoms with van der Waals surface area (Å²) in [7, 11) is 1.94. The number of unbranched alkanes of at least 4 members (excludes halogenated alkanes) is 28. The standard InChI is InChI=1S/C45H89N3O4/c1-4-6-8-10-12-14-16-18-20-22-24-26-28-30-32-36-43(49)46-38-34-40-48(3,42-45(51)52)41-35-39-47-44(50)37-33-31-29-27-25-23-21-19-17-15-13-11-9-7-5-2/h4-42H2,1-3H3,(H2-,46,47,49,50,51,52). The van der Waals surface area contributed by atoms with Crippen LogP contribution in [0.25, 0.3) is 0 Å². The molecular formula is C45H89N3O4. The maximum absolute atomic E-state index is 12.3. The van der Waals surface area contributed by atoms with Crippen LogP contribution in [0.1, 0.15) is 232 Å². The first-order valence-electron chi connectivity index (χ1n) is 22.9. The summed E-state index contributed by atoms with van der Waals surface area (Å²) < 4.78 is 0.353. The molecule has 2 amide bonds. The minimum absolute atomic E-state index is 0.0554. The molecule has 7 nitrogen and oxygen atoms in total. The SMILES string of the molecule is CCCCCCCCCCCCCCCCCC(=O)NCCC[N+](C)(CCCNC(=O)CCCCCCCCCCCCCCCCC)CC(=O)[O-]. The van der Waals surface area contributed by atoms with Gasteiger partial charge in [-0.05, 0) is 12.8 Å². The second-order valence-corrected chi connectivity index (χ2v) is 16.4. The van der Waals surface area contributed by atoms with Crippen molar-refractivity contribution in [1.29, 1.82) is 0 Å². The summed E-state index contributed by atoms with van der Waals surface area (Å²) in [6, 6.07) is 0. The van der Waals surface area contributed by atoms with Crippen LogP contribution in [0.2, 0.25) is 0 Å². The molecule has 0 rings (SSSR count).